The summed E-state index contributed by atoms with van der Waals surface area (Å²) in [4.78, 5) is 40.3. The van der Waals surface area contributed by atoms with Crippen molar-refractivity contribution in [3.05, 3.63) is 43.7 Å². The van der Waals surface area contributed by atoms with Crippen LogP contribution in [0.1, 0.15) is 13.8 Å². The first-order valence-electron chi connectivity index (χ1n) is 6.38. The van der Waals surface area contributed by atoms with Gasteiger partial charge in [0.05, 0.1) is 5.39 Å². The van der Waals surface area contributed by atoms with E-state index in [-0.39, 0.29) is 0 Å². The maximum absolute atomic E-state index is 12.8. The Kier molecular flexibility index (Phi) is 3.30. The molecule has 0 fully saturated rings. The minimum Gasteiger partial charge on any atom is -0.480 e. The van der Waals surface area contributed by atoms with Crippen LogP contribution in [0.4, 0.5) is 0 Å². The zero-order valence-electron chi connectivity index (χ0n) is 11.7. The lowest BCUT2D eigenvalue weighted by Gasteiger charge is -2.21. The van der Waals surface area contributed by atoms with Gasteiger partial charge in [0.2, 0.25) is 0 Å². The van der Waals surface area contributed by atoms with Crippen molar-refractivity contribution < 1.29 is 9.90 Å². The molecular weight excluding hydrogens is 324 g/mol. The lowest BCUT2D eigenvalue weighted by atomic mass is 10.1. The molecule has 3 rings (SSSR count). The van der Waals surface area contributed by atoms with Crippen LogP contribution in [0.3, 0.4) is 0 Å². The van der Waals surface area contributed by atoms with Gasteiger partial charge in [-0.05, 0) is 25.3 Å². The number of nitrogens with zero attached hydrogens (tertiary/aromatic N) is 1. The lowest BCUT2D eigenvalue weighted by Crippen LogP contribution is -2.50. The first kappa shape index (κ1) is 14.7. The van der Waals surface area contributed by atoms with E-state index in [0.717, 1.165) is 9.44 Å². The summed E-state index contributed by atoms with van der Waals surface area (Å²) >= 11 is 2.74. The van der Waals surface area contributed by atoms with Gasteiger partial charge in [0.25, 0.3) is 5.56 Å². The van der Waals surface area contributed by atoms with E-state index in [9.17, 15) is 19.5 Å². The van der Waals surface area contributed by atoms with Gasteiger partial charge in [0, 0.05) is 15.8 Å². The van der Waals surface area contributed by atoms with E-state index in [2.05, 4.69) is 4.98 Å². The van der Waals surface area contributed by atoms with Gasteiger partial charge in [-0.2, -0.15) is 0 Å². The summed E-state index contributed by atoms with van der Waals surface area (Å²) in [5, 5.41) is 13.4. The summed E-state index contributed by atoms with van der Waals surface area (Å²) in [7, 11) is 0. The average molecular weight is 336 g/mol. The largest absolute Gasteiger partial charge is 0.480 e. The highest BCUT2D eigenvalue weighted by Crippen LogP contribution is 2.33. The number of aromatic nitrogens is 2. The second-order valence-corrected chi connectivity index (χ2v) is 7.09. The third-order valence-corrected chi connectivity index (χ3v) is 5.30. The fourth-order valence-corrected chi connectivity index (χ4v) is 4.00. The molecule has 3 aromatic rings. The van der Waals surface area contributed by atoms with E-state index in [1.54, 1.807) is 5.38 Å². The first-order valence-corrected chi connectivity index (χ1v) is 8.14. The number of nitrogens with one attached hydrogen (secondary N) is 1. The van der Waals surface area contributed by atoms with Crippen LogP contribution in [-0.2, 0) is 10.3 Å². The molecule has 8 heteroatoms. The zero-order chi connectivity index (χ0) is 16.1. The smallest absolute Gasteiger partial charge is 0.330 e. The van der Waals surface area contributed by atoms with Crippen molar-refractivity contribution in [2.45, 2.75) is 19.4 Å². The Bertz CT molecular complexity index is 977. The quantitative estimate of drug-likeness (QED) is 0.767. The average Bonchev–Trinajstić information content (AvgIpc) is 3.05. The predicted octanol–water partition coefficient (Wildman–Crippen LogP) is 2.30. The number of aliphatic carboxylic acids is 1. The number of H-pyrrole nitrogens is 1. The van der Waals surface area contributed by atoms with Crippen LogP contribution in [0, 0.1) is 0 Å². The molecule has 0 radical (unpaired) electrons. The number of carboxylic acid groups (broad SMARTS) is 1. The summed E-state index contributed by atoms with van der Waals surface area (Å²) in [5.74, 6) is -1.24. The van der Waals surface area contributed by atoms with Gasteiger partial charge in [-0.15, -0.1) is 22.7 Å². The molecule has 6 nitrogen and oxygen atoms in total. The number of fused-ring (bicyclic) bond motifs is 1. The number of hydrogen-bond donors (Lipinski definition) is 2. The first-order chi connectivity index (χ1) is 10.3. The highest BCUT2D eigenvalue weighted by atomic mass is 32.1. The maximum atomic E-state index is 12.8. The summed E-state index contributed by atoms with van der Waals surface area (Å²) in [6, 6.07) is 3.75. The number of aromatic amines is 1. The van der Waals surface area contributed by atoms with Crippen LogP contribution < -0.4 is 11.2 Å². The fraction of sp³-hybridized carbons (Fsp3) is 0.214. The molecule has 0 amide bonds. The molecule has 0 aliphatic rings. The Morgan fingerprint density at radius 1 is 1.32 bits per heavy atom. The van der Waals surface area contributed by atoms with E-state index in [0.29, 0.717) is 15.8 Å². The van der Waals surface area contributed by atoms with Crippen LogP contribution in [0.5, 0.6) is 0 Å². The zero-order valence-corrected chi connectivity index (χ0v) is 13.4. The monoisotopic (exact) mass is 336 g/mol. The molecule has 0 unspecified atom stereocenters. The van der Waals surface area contributed by atoms with Gasteiger partial charge in [0.15, 0.2) is 0 Å². The van der Waals surface area contributed by atoms with E-state index in [4.69, 9.17) is 0 Å². The van der Waals surface area contributed by atoms with Crippen LogP contribution in [0.15, 0.2) is 32.5 Å². The summed E-state index contributed by atoms with van der Waals surface area (Å²) < 4.78 is 0.765. The Labute approximate surface area is 132 Å². The van der Waals surface area contributed by atoms with Crippen LogP contribution >= 0.6 is 22.7 Å². The van der Waals surface area contributed by atoms with Gasteiger partial charge in [0.1, 0.15) is 10.4 Å². The van der Waals surface area contributed by atoms with Gasteiger partial charge in [-0.25, -0.2) is 14.2 Å². The molecule has 0 aromatic carbocycles. The van der Waals surface area contributed by atoms with Crippen molar-refractivity contribution in [2.75, 3.05) is 0 Å². The highest BCUT2D eigenvalue weighted by Gasteiger charge is 2.33. The molecule has 3 heterocycles. The Balaban J connectivity index is 2.42. The number of hydrogen-bond acceptors (Lipinski definition) is 5. The van der Waals surface area contributed by atoms with Crippen molar-refractivity contribution in [1.82, 2.24) is 9.55 Å². The van der Waals surface area contributed by atoms with Gasteiger partial charge in [-0.3, -0.25) is 9.78 Å². The normalized spacial score (nSPS) is 11.9. The molecule has 0 aliphatic carbocycles. The van der Waals surface area contributed by atoms with Crippen molar-refractivity contribution in [1.29, 1.82) is 0 Å². The summed E-state index contributed by atoms with van der Waals surface area (Å²) in [6.45, 7) is 2.66. The maximum Gasteiger partial charge on any atom is 0.330 e. The van der Waals surface area contributed by atoms with E-state index >= 15 is 0 Å². The third kappa shape index (κ3) is 2.03. The molecule has 0 saturated carbocycles. The van der Waals surface area contributed by atoms with Gasteiger partial charge >= 0.3 is 11.7 Å². The van der Waals surface area contributed by atoms with Crippen molar-refractivity contribution in [3.8, 4) is 10.4 Å². The van der Waals surface area contributed by atoms with Crippen molar-refractivity contribution >= 4 is 38.9 Å². The topological polar surface area (TPSA) is 92.2 Å². The van der Waals surface area contributed by atoms with E-state index in [1.165, 1.54) is 36.5 Å². The molecule has 3 aromatic heterocycles. The second-order valence-electron chi connectivity index (χ2n) is 5.27. The van der Waals surface area contributed by atoms with Gasteiger partial charge in [-0.1, -0.05) is 6.07 Å². The molecule has 0 spiro atoms. The molecule has 0 aliphatic heterocycles. The molecule has 0 bridgehead atoms. The fourth-order valence-electron chi connectivity index (χ4n) is 2.24. The highest BCUT2D eigenvalue weighted by molar-refractivity contribution is 7.18. The molecule has 114 valence electrons. The van der Waals surface area contributed by atoms with E-state index < -0.39 is 22.8 Å². The lowest BCUT2D eigenvalue weighted by molar-refractivity contribution is -0.146. The Morgan fingerprint density at radius 3 is 2.64 bits per heavy atom. The summed E-state index contributed by atoms with van der Waals surface area (Å²) in [5.41, 5.74) is -2.22. The van der Waals surface area contributed by atoms with Crippen molar-refractivity contribution in [3.63, 3.8) is 0 Å². The standard InChI is InChI=1S/C14H12N2O4S2/c1-14(2,12(18)19)16-11(17)9-7(8-4-3-5-21-8)6-22-10(9)15-13(16)20/h3-6H,1-2H3,(H,15,20)(H,18,19). The number of rotatable bonds is 3. The molecule has 22 heavy (non-hydrogen) atoms. The Hall–Kier alpha value is -2.19. The Morgan fingerprint density at radius 2 is 2.05 bits per heavy atom. The van der Waals surface area contributed by atoms with Gasteiger partial charge < -0.3 is 5.11 Å². The number of carbonyl (C=O) groups is 1. The third-order valence-electron chi connectivity index (χ3n) is 3.50. The van der Waals surface area contributed by atoms with Crippen LogP contribution in [-0.4, -0.2) is 20.6 Å². The minimum atomic E-state index is -1.63. The summed E-state index contributed by atoms with van der Waals surface area (Å²) in [6.07, 6.45) is 0. The minimum absolute atomic E-state index is 0.348. The number of carboxylic acids is 1. The SMILES string of the molecule is CC(C)(C(=O)O)n1c(=O)[nH]c2scc(-c3cccs3)c2c1=O. The second kappa shape index (κ2) is 4.92. The number of thiophene rings is 2. The van der Waals surface area contributed by atoms with E-state index in [1.807, 2.05) is 17.5 Å². The molecule has 2 N–H and O–H groups in total. The van der Waals surface area contributed by atoms with Crippen LogP contribution in [0.25, 0.3) is 20.7 Å². The molecule has 0 atom stereocenters. The predicted molar refractivity (Wildman–Crippen MR) is 87.0 cm³/mol. The van der Waals surface area contributed by atoms with Crippen LogP contribution in [0.2, 0.25) is 0 Å². The molecular formula is C14H12N2O4S2. The molecule has 0 saturated heterocycles. The van der Waals surface area contributed by atoms with Crippen molar-refractivity contribution in [2.24, 2.45) is 0 Å².